The van der Waals surface area contributed by atoms with Crippen LogP contribution < -0.4 is 4.74 Å². The van der Waals surface area contributed by atoms with E-state index in [0.29, 0.717) is 13.2 Å². The van der Waals surface area contributed by atoms with Crippen molar-refractivity contribution in [1.82, 2.24) is 9.80 Å². The van der Waals surface area contributed by atoms with Gasteiger partial charge < -0.3 is 14.5 Å². The van der Waals surface area contributed by atoms with Gasteiger partial charge in [-0.15, -0.1) is 0 Å². The minimum atomic E-state index is -0.286. The molecule has 5 nitrogen and oxygen atoms in total. The number of benzene rings is 2. The van der Waals surface area contributed by atoms with Crippen LogP contribution in [0.2, 0.25) is 0 Å². The molecule has 2 amide bonds. The van der Waals surface area contributed by atoms with E-state index >= 15 is 0 Å². The molecule has 0 bridgehead atoms. The van der Waals surface area contributed by atoms with Crippen LogP contribution in [0.3, 0.4) is 0 Å². The normalized spacial score (nSPS) is 15.1. The van der Waals surface area contributed by atoms with Crippen LogP contribution in [0.15, 0.2) is 54.7 Å². The van der Waals surface area contributed by atoms with Crippen molar-refractivity contribution in [2.45, 2.75) is 26.3 Å². The van der Waals surface area contributed by atoms with Gasteiger partial charge in [-0.1, -0.05) is 42.5 Å². The molecule has 1 aliphatic heterocycles. The van der Waals surface area contributed by atoms with E-state index in [9.17, 15) is 9.59 Å². The summed E-state index contributed by atoms with van der Waals surface area (Å²) in [6.07, 6.45) is 3.92. The van der Waals surface area contributed by atoms with Gasteiger partial charge in [0.15, 0.2) is 0 Å². The van der Waals surface area contributed by atoms with E-state index in [1.807, 2.05) is 61.5 Å². The van der Waals surface area contributed by atoms with Crippen LogP contribution in [-0.2, 0) is 9.59 Å². The van der Waals surface area contributed by atoms with Crippen molar-refractivity contribution in [3.63, 3.8) is 0 Å². The zero-order chi connectivity index (χ0) is 20.1. The highest BCUT2D eigenvalue weighted by molar-refractivity contribution is 5.81. The molecule has 0 saturated carbocycles. The summed E-state index contributed by atoms with van der Waals surface area (Å²) >= 11 is 0. The van der Waals surface area contributed by atoms with Gasteiger partial charge in [0.2, 0.25) is 11.8 Å². The van der Waals surface area contributed by atoms with Crippen LogP contribution in [0.5, 0.6) is 5.75 Å². The fourth-order valence-electron chi connectivity index (χ4n) is 3.37. The lowest BCUT2D eigenvalue weighted by molar-refractivity contribution is -0.134. The third-order valence-corrected chi connectivity index (χ3v) is 5.04. The number of carbonyl (C=O) groups excluding carboxylic acids is 2. The van der Waals surface area contributed by atoms with Crippen LogP contribution in [0.1, 0.15) is 36.1 Å². The summed E-state index contributed by atoms with van der Waals surface area (Å²) in [6, 6.07) is 15.4. The maximum Gasteiger partial charge on any atom is 0.224 e. The molecule has 1 atom stereocenters. The minimum Gasteiger partial charge on any atom is -0.491 e. The Balaban J connectivity index is 1.63. The molecule has 1 heterocycles. The number of likely N-dealkylation sites (N-methyl/N-ethyl adjacent to an activating group) is 1. The van der Waals surface area contributed by atoms with E-state index in [0.717, 1.165) is 22.4 Å². The molecule has 5 heteroatoms. The molecule has 3 rings (SSSR count). The molecule has 0 saturated heterocycles. The lowest BCUT2D eigenvalue weighted by atomic mass is 9.93. The van der Waals surface area contributed by atoms with Crippen molar-refractivity contribution < 1.29 is 14.3 Å². The summed E-state index contributed by atoms with van der Waals surface area (Å²) in [6.45, 7) is 4.42. The van der Waals surface area contributed by atoms with Gasteiger partial charge >= 0.3 is 0 Å². The molecule has 0 spiro atoms. The van der Waals surface area contributed by atoms with Crippen molar-refractivity contribution in [2.75, 3.05) is 20.2 Å². The number of rotatable bonds is 6. The topological polar surface area (TPSA) is 49.9 Å². The minimum absolute atomic E-state index is 0.0188. The summed E-state index contributed by atoms with van der Waals surface area (Å²) in [7, 11) is 1.77. The number of para-hydroxylation sites is 1. The lowest BCUT2D eigenvalue weighted by Crippen LogP contribution is -2.37. The highest BCUT2D eigenvalue weighted by Gasteiger charge is 2.29. The zero-order valence-electron chi connectivity index (χ0n) is 16.6. The predicted octanol–water partition coefficient (Wildman–Crippen LogP) is 3.80. The molecule has 0 aliphatic carbocycles. The molecule has 0 aromatic heterocycles. The maximum atomic E-state index is 12.8. The first-order chi connectivity index (χ1) is 13.5. The summed E-state index contributed by atoms with van der Waals surface area (Å²) in [4.78, 5) is 28.2. The molecule has 146 valence electrons. The predicted molar refractivity (Wildman–Crippen MR) is 110 cm³/mol. The van der Waals surface area contributed by atoms with Gasteiger partial charge in [0, 0.05) is 20.2 Å². The summed E-state index contributed by atoms with van der Waals surface area (Å²) in [5.74, 6) is 0.737. The molecule has 1 aliphatic rings. The Morgan fingerprint density at radius 3 is 2.57 bits per heavy atom. The van der Waals surface area contributed by atoms with Gasteiger partial charge in [-0.25, -0.2) is 0 Å². The van der Waals surface area contributed by atoms with E-state index in [-0.39, 0.29) is 24.3 Å². The summed E-state index contributed by atoms with van der Waals surface area (Å²) in [5, 5.41) is 0. The number of nitrogens with zero attached hydrogens (tertiary/aromatic N) is 2. The second kappa shape index (κ2) is 8.74. The van der Waals surface area contributed by atoms with E-state index < -0.39 is 0 Å². The molecule has 0 fully saturated rings. The first-order valence-corrected chi connectivity index (χ1v) is 9.46. The number of hydrogen-bond donors (Lipinski definition) is 0. The lowest BCUT2D eigenvalue weighted by Gasteiger charge is -2.33. The van der Waals surface area contributed by atoms with Crippen molar-refractivity contribution >= 4 is 17.9 Å². The highest BCUT2D eigenvalue weighted by atomic mass is 16.5. The van der Waals surface area contributed by atoms with Gasteiger partial charge in [-0.05, 0) is 35.8 Å². The molecular weight excluding hydrogens is 352 g/mol. The number of hydrogen-bond acceptors (Lipinski definition) is 3. The average Bonchev–Trinajstić information content (AvgIpc) is 2.69. The number of ether oxygens (including phenoxy) is 1. The Morgan fingerprint density at radius 1 is 1.11 bits per heavy atom. The summed E-state index contributed by atoms with van der Waals surface area (Å²) < 4.78 is 5.79. The average molecular weight is 378 g/mol. The van der Waals surface area contributed by atoms with Gasteiger partial charge in [-0.3, -0.25) is 9.59 Å². The van der Waals surface area contributed by atoms with Gasteiger partial charge in [-0.2, -0.15) is 0 Å². The monoisotopic (exact) mass is 378 g/mol. The van der Waals surface area contributed by atoms with Crippen LogP contribution in [0, 0.1) is 6.92 Å². The molecular formula is C23H26N2O3. The van der Waals surface area contributed by atoms with Crippen LogP contribution in [0.4, 0.5) is 0 Å². The van der Waals surface area contributed by atoms with E-state index in [2.05, 4.69) is 0 Å². The summed E-state index contributed by atoms with van der Waals surface area (Å²) in [5.41, 5.74) is 3.11. The fourth-order valence-corrected chi connectivity index (χ4v) is 3.37. The van der Waals surface area contributed by atoms with Gasteiger partial charge in [0.1, 0.15) is 12.4 Å². The Kier molecular flexibility index (Phi) is 6.14. The molecule has 0 radical (unpaired) electrons. The van der Waals surface area contributed by atoms with E-state index in [1.165, 1.54) is 6.92 Å². The molecule has 0 N–H and O–H groups in total. The van der Waals surface area contributed by atoms with Crippen molar-refractivity contribution in [3.8, 4) is 5.75 Å². The first-order valence-electron chi connectivity index (χ1n) is 9.46. The largest absolute Gasteiger partial charge is 0.491 e. The zero-order valence-corrected chi connectivity index (χ0v) is 16.6. The molecule has 2 aromatic carbocycles. The van der Waals surface area contributed by atoms with E-state index in [1.54, 1.807) is 23.0 Å². The Bertz CT molecular complexity index is 891. The van der Waals surface area contributed by atoms with Crippen LogP contribution in [-0.4, -0.2) is 41.8 Å². The third kappa shape index (κ3) is 4.42. The van der Waals surface area contributed by atoms with Crippen molar-refractivity contribution in [1.29, 1.82) is 0 Å². The molecule has 28 heavy (non-hydrogen) atoms. The Morgan fingerprint density at radius 2 is 1.82 bits per heavy atom. The van der Waals surface area contributed by atoms with Crippen molar-refractivity contribution in [2.24, 2.45) is 0 Å². The number of carbonyl (C=O) groups is 2. The Labute approximate surface area is 166 Å². The quantitative estimate of drug-likeness (QED) is 0.768. The van der Waals surface area contributed by atoms with Gasteiger partial charge in [0.25, 0.3) is 0 Å². The van der Waals surface area contributed by atoms with Crippen molar-refractivity contribution in [3.05, 3.63) is 71.4 Å². The second-order valence-electron chi connectivity index (χ2n) is 7.02. The molecule has 2 aromatic rings. The van der Waals surface area contributed by atoms with Gasteiger partial charge in [0.05, 0.1) is 19.0 Å². The standard InChI is InChI=1S/C23H26N2O3/c1-17-8-4-7-11-22(17)28-15-14-24(3)23(27)16-21-20-10-6-5-9-19(20)12-13-25(21)18(2)26/h4-13,21H,14-16H2,1-3H3/t21-/m1/s1. The van der Waals surface area contributed by atoms with Crippen LogP contribution >= 0.6 is 0 Å². The second-order valence-corrected chi connectivity index (χ2v) is 7.02. The first kappa shape index (κ1) is 19.7. The van der Waals surface area contributed by atoms with E-state index in [4.69, 9.17) is 4.74 Å². The Hall–Kier alpha value is -3.08. The fraction of sp³-hybridized carbons (Fsp3) is 0.304. The number of aryl methyl sites for hydroxylation is 1. The third-order valence-electron chi connectivity index (χ3n) is 5.04. The number of fused-ring (bicyclic) bond motifs is 1. The van der Waals surface area contributed by atoms with Crippen LogP contribution in [0.25, 0.3) is 6.08 Å². The maximum absolute atomic E-state index is 12.8. The highest BCUT2D eigenvalue weighted by Crippen LogP contribution is 2.33. The smallest absolute Gasteiger partial charge is 0.224 e. The number of amides is 2. The molecule has 0 unspecified atom stereocenters. The SMILES string of the molecule is CC(=O)N1C=Cc2ccccc2[C@H]1CC(=O)N(C)CCOc1ccccc1C.